The summed E-state index contributed by atoms with van der Waals surface area (Å²) in [6, 6.07) is 2.99. The Kier molecular flexibility index (Phi) is 30.9. The number of nitrogens with two attached hydrogens (primary N) is 1. The molecule has 0 fully saturated rings. The van der Waals surface area contributed by atoms with Crippen LogP contribution >= 0.6 is 33.2 Å². The Hall–Kier alpha value is -3.32. The highest BCUT2D eigenvalue weighted by molar-refractivity contribution is 8.76. The predicted molar refractivity (Wildman–Crippen MR) is 239 cm³/mol. The van der Waals surface area contributed by atoms with Crippen molar-refractivity contribution >= 4 is 68.7 Å². The van der Waals surface area contributed by atoms with E-state index in [1.807, 2.05) is 44.2 Å². The van der Waals surface area contributed by atoms with Gasteiger partial charge in [-0.1, -0.05) is 83.8 Å². The van der Waals surface area contributed by atoms with Gasteiger partial charge < -0.3 is 51.9 Å². The number of aliphatic hydroxyl groups excluding tert-OH is 3. The summed E-state index contributed by atoms with van der Waals surface area (Å²) in [5, 5.41) is 49.5. The van der Waals surface area contributed by atoms with Crippen LogP contribution in [0.1, 0.15) is 97.1 Å². The van der Waals surface area contributed by atoms with Gasteiger partial charge in [0.05, 0.1) is 30.0 Å². The first-order valence-corrected chi connectivity index (χ1v) is 22.2. The smallest absolute Gasteiger partial charge is 0.402 e. The number of carboxylic acid groups (broad SMARTS) is 2. The molecule has 0 aliphatic carbocycles. The molecule has 1 heterocycles. The Balaban J connectivity index is 0. The third-order valence-electron chi connectivity index (χ3n) is 9.65. The van der Waals surface area contributed by atoms with Crippen molar-refractivity contribution in [2.75, 3.05) is 38.4 Å². The van der Waals surface area contributed by atoms with Crippen LogP contribution in [-0.2, 0) is 32.2 Å². The number of amides is 4. The number of primary amides is 1. The van der Waals surface area contributed by atoms with Gasteiger partial charge in [0.1, 0.15) is 6.04 Å². The minimum atomic E-state index is -1.33. The second kappa shape index (κ2) is 31.5. The lowest BCUT2D eigenvalue weighted by molar-refractivity contribution is -0.148. The van der Waals surface area contributed by atoms with Crippen LogP contribution in [0.3, 0.4) is 0 Å². The SMILES string of the molecule is C/C1=C\C=C\[C@@H](CO)[C@@H](O)CC[C@@H](C)CC(C)CCC(=O)N(C)c2cc(cc(CO)c2Cl)C1.CNC(=O)CCC(C)SSCCC(=O)N(C)[C@@H](C)C(=O)O.NC(=O)O.O. The van der Waals surface area contributed by atoms with Gasteiger partial charge in [0, 0.05) is 57.3 Å². The van der Waals surface area contributed by atoms with Gasteiger partial charge in [-0.05, 0) is 81.4 Å². The number of likely N-dealkylation sites (N-methyl/N-ethyl adjacent to an activating group) is 1. The van der Waals surface area contributed by atoms with Gasteiger partial charge in [-0.3, -0.25) is 14.4 Å². The fourth-order valence-corrected chi connectivity index (χ4v) is 8.49. The largest absolute Gasteiger partial charge is 0.480 e. The maximum atomic E-state index is 12.9. The van der Waals surface area contributed by atoms with Crippen LogP contribution in [0, 0.1) is 17.8 Å². The number of aliphatic carboxylic acids is 1. The van der Waals surface area contributed by atoms with Crippen LogP contribution in [0.5, 0.6) is 0 Å². The quantitative estimate of drug-likeness (QED) is 0.102. The summed E-state index contributed by atoms with van der Waals surface area (Å²) >= 11 is 6.53. The molecular weight excluding hydrogens is 824 g/mol. The highest BCUT2D eigenvalue weighted by Crippen LogP contribution is 2.33. The summed E-state index contributed by atoms with van der Waals surface area (Å²) in [6.45, 7) is 9.58. The van der Waals surface area contributed by atoms with Gasteiger partial charge >= 0.3 is 12.1 Å². The van der Waals surface area contributed by atoms with E-state index in [0.717, 1.165) is 36.8 Å². The van der Waals surface area contributed by atoms with Gasteiger partial charge in [0.15, 0.2) is 0 Å². The molecular formula is C41H69ClN4O11S2. The lowest BCUT2D eigenvalue weighted by atomic mass is 9.88. The maximum Gasteiger partial charge on any atom is 0.402 e. The molecule has 2 bridgehead atoms. The van der Waals surface area contributed by atoms with E-state index in [9.17, 15) is 34.5 Å². The number of hydrogen-bond donors (Lipinski definition) is 7. The molecule has 0 radical (unpaired) electrons. The number of aliphatic hydroxyl groups is 3. The molecule has 10 N–H and O–H groups in total. The highest BCUT2D eigenvalue weighted by atomic mass is 35.5. The standard InChI is InChI=1S/C27H40ClNO4.C13H24N2O4S2.CH3NO2.H2O/c1-18-6-5-7-22(16-30)25(32)10-8-19(2)12-20(3)9-11-26(33)29(4)24-15-21(13-18)14-23(17-31)27(24)28;1-9(5-6-11(16)14-3)21-20-8-7-12(17)15(4)10(2)13(18)19;2-1(3)4;/h5-7,14-15,19-20,22,25,30-32H,8-13,16-17H2,1-4H3;9-10H,5-8H2,1-4H3,(H,14,16)(H,18,19);2H2,(H,3,4);1H2/b7-5+,18-6+;;;/t19-,20?,22+,25+;9?,10-;;/m10../s1. The molecule has 1 aromatic rings. The Labute approximate surface area is 362 Å². The molecule has 18 heteroatoms. The number of carbonyl (C=O) groups excluding carboxylic acids is 3. The maximum absolute atomic E-state index is 12.9. The molecule has 59 heavy (non-hydrogen) atoms. The normalized spacial score (nSPS) is 21.3. The fraction of sp³-hybridized carbons (Fsp3) is 0.634. The summed E-state index contributed by atoms with van der Waals surface area (Å²) in [4.78, 5) is 58.2. The van der Waals surface area contributed by atoms with Gasteiger partial charge in [-0.25, -0.2) is 9.59 Å². The van der Waals surface area contributed by atoms with Crippen LogP contribution in [0.25, 0.3) is 0 Å². The topological polar surface area (TPSA) is 263 Å². The molecule has 0 saturated carbocycles. The fourth-order valence-electron chi connectivity index (χ4n) is 5.87. The number of halogens is 1. The lowest BCUT2D eigenvalue weighted by Gasteiger charge is -2.23. The summed E-state index contributed by atoms with van der Waals surface area (Å²) in [5.41, 5.74) is 7.28. The number of fused-ring (bicyclic) bond motifs is 2. The van der Waals surface area contributed by atoms with Gasteiger partial charge in [0.2, 0.25) is 17.7 Å². The zero-order chi connectivity index (χ0) is 44.5. The van der Waals surface area contributed by atoms with Crippen LogP contribution in [0.4, 0.5) is 10.5 Å². The first kappa shape index (κ1) is 57.8. The Morgan fingerprint density at radius 1 is 1.07 bits per heavy atom. The van der Waals surface area contributed by atoms with E-state index in [4.69, 9.17) is 26.6 Å². The highest BCUT2D eigenvalue weighted by Gasteiger charge is 2.22. The van der Waals surface area contributed by atoms with Crippen LogP contribution in [0.15, 0.2) is 35.9 Å². The number of carbonyl (C=O) groups is 5. The van der Waals surface area contributed by atoms with E-state index < -0.39 is 24.2 Å². The van der Waals surface area contributed by atoms with Crippen molar-refractivity contribution in [2.45, 2.75) is 116 Å². The van der Waals surface area contributed by atoms with Crippen molar-refractivity contribution in [3.8, 4) is 0 Å². The number of nitrogens with zero attached hydrogens (tertiary/aromatic N) is 2. The van der Waals surface area contributed by atoms with E-state index in [1.165, 1.54) is 18.9 Å². The molecule has 2 unspecified atom stereocenters. The number of benzene rings is 1. The summed E-state index contributed by atoms with van der Waals surface area (Å²) in [5.74, 6) is 0.00500. The van der Waals surface area contributed by atoms with E-state index in [1.54, 1.807) is 40.6 Å². The first-order valence-electron chi connectivity index (χ1n) is 19.5. The Morgan fingerprint density at radius 3 is 2.24 bits per heavy atom. The van der Waals surface area contributed by atoms with E-state index in [0.29, 0.717) is 71.2 Å². The molecule has 338 valence electrons. The molecule has 4 amide bonds. The van der Waals surface area contributed by atoms with Crippen molar-refractivity contribution in [1.29, 1.82) is 0 Å². The third kappa shape index (κ3) is 24.5. The minimum Gasteiger partial charge on any atom is -0.480 e. The lowest BCUT2D eigenvalue weighted by Crippen LogP contribution is -2.40. The number of rotatable bonds is 12. The molecule has 1 aromatic carbocycles. The average Bonchev–Trinajstić information content (AvgIpc) is 3.17. The molecule has 0 saturated heterocycles. The number of hydrogen-bond acceptors (Lipinski definition) is 10. The number of anilines is 1. The van der Waals surface area contributed by atoms with Crippen molar-refractivity contribution in [2.24, 2.45) is 23.5 Å². The number of carboxylic acids is 1. The van der Waals surface area contributed by atoms with Gasteiger partial charge in [-0.15, -0.1) is 0 Å². The van der Waals surface area contributed by atoms with Gasteiger partial charge in [-0.2, -0.15) is 0 Å². The molecule has 1 aliphatic rings. The second-order valence-corrected chi connectivity index (χ2v) is 18.1. The van der Waals surface area contributed by atoms with Crippen molar-refractivity contribution in [1.82, 2.24) is 10.2 Å². The third-order valence-corrected chi connectivity index (χ3v) is 13.1. The zero-order valence-electron chi connectivity index (χ0n) is 35.8. The molecule has 2 rings (SSSR count). The molecule has 6 atom stereocenters. The van der Waals surface area contributed by atoms with Crippen molar-refractivity contribution in [3.63, 3.8) is 0 Å². The van der Waals surface area contributed by atoms with Crippen LogP contribution in [-0.4, -0.2) is 117 Å². The molecule has 15 nitrogen and oxygen atoms in total. The number of nitrogens with one attached hydrogen (secondary N) is 1. The summed E-state index contributed by atoms with van der Waals surface area (Å²) in [6.07, 6.45) is 9.76. The average molecular weight is 894 g/mol. The van der Waals surface area contributed by atoms with Crippen molar-refractivity contribution in [3.05, 3.63) is 52.1 Å². The van der Waals surface area contributed by atoms with Crippen LogP contribution in [0.2, 0.25) is 5.02 Å². The zero-order valence-corrected chi connectivity index (χ0v) is 38.2. The number of allylic oxidation sites excluding steroid dienone is 3. The predicted octanol–water partition coefficient (Wildman–Crippen LogP) is 5.45. The summed E-state index contributed by atoms with van der Waals surface area (Å²) in [7, 11) is 8.09. The Morgan fingerprint density at radius 2 is 1.68 bits per heavy atom. The monoisotopic (exact) mass is 892 g/mol. The molecule has 0 spiro atoms. The summed E-state index contributed by atoms with van der Waals surface area (Å²) < 4.78 is 0. The molecule has 1 aliphatic heterocycles. The van der Waals surface area contributed by atoms with E-state index in [2.05, 4.69) is 24.9 Å². The van der Waals surface area contributed by atoms with Crippen molar-refractivity contribution < 1.29 is 55.0 Å². The second-order valence-electron chi connectivity index (χ2n) is 14.8. The minimum absolute atomic E-state index is 0. The van der Waals surface area contributed by atoms with Gasteiger partial charge in [0.25, 0.3) is 0 Å². The van der Waals surface area contributed by atoms with Crippen LogP contribution < -0.4 is 16.0 Å². The first-order chi connectivity index (χ1) is 27.2. The molecule has 0 aromatic heterocycles. The van der Waals surface area contributed by atoms with E-state index in [-0.39, 0.29) is 42.3 Å². The van der Waals surface area contributed by atoms with E-state index >= 15 is 0 Å². The Bertz CT molecular complexity index is 1510.